The van der Waals surface area contributed by atoms with E-state index in [1.807, 2.05) is 31.3 Å². The van der Waals surface area contributed by atoms with Crippen LogP contribution in [0.1, 0.15) is 47.2 Å². The summed E-state index contributed by atoms with van der Waals surface area (Å²) in [6.45, 7) is 4.82. The van der Waals surface area contributed by atoms with Crippen LogP contribution < -0.4 is 0 Å². The van der Waals surface area contributed by atoms with Gasteiger partial charge in [-0.25, -0.2) is 4.98 Å². The van der Waals surface area contributed by atoms with Crippen molar-refractivity contribution in [2.45, 2.75) is 39.7 Å². The molecule has 0 atom stereocenters. The van der Waals surface area contributed by atoms with Crippen molar-refractivity contribution in [2.24, 2.45) is 17.0 Å². The number of rotatable bonds is 7. The van der Waals surface area contributed by atoms with Crippen LogP contribution in [0.4, 0.5) is 0 Å². The third kappa shape index (κ3) is 5.51. The summed E-state index contributed by atoms with van der Waals surface area (Å²) in [6, 6.07) is 6.08. The van der Waals surface area contributed by atoms with Crippen molar-refractivity contribution in [1.82, 2.24) is 9.55 Å². The van der Waals surface area contributed by atoms with E-state index in [0.29, 0.717) is 19.0 Å². The number of hydrogen-bond donors (Lipinski definition) is 0. The Hall–Kier alpha value is -2.53. The van der Waals surface area contributed by atoms with Gasteiger partial charge in [-0.3, -0.25) is 14.8 Å². The van der Waals surface area contributed by atoms with E-state index < -0.39 is 0 Å². The third-order valence-electron chi connectivity index (χ3n) is 5.10. The summed E-state index contributed by atoms with van der Waals surface area (Å²) in [6.07, 6.45) is 8.08. The molecule has 1 heterocycles. The molecule has 0 spiro atoms. The minimum Gasteiger partial charge on any atom is -0.333 e. The van der Waals surface area contributed by atoms with E-state index in [1.54, 1.807) is 13.0 Å². The summed E-state index contributed by atoms with van der Waals surface area (Å²) in [4.78, 5) is 25.1. The Bertz CT molecular complexity index is 985. The smallest absolute Gasteiger partial charge is 0.152 e. The fourth-order valence-electron chi connectivity index (χ4n) is 3.51. The molecule has 0 saturated carbocycles. The lowest BCUT2D eigenvalue weighted by molar-refractivity contribution is -0.112. The second kappa shape index (κ2) is 9.79. The Labute approximate surface area is 177 Å². The predicted molar refractivity (Wildman–Crippen MR) is 120 cm³/mol. The zero-order valence-electron chi connectivity index (χ0n) is 17.3. The number of carbonyl (C=O) groups is 1. The number of allylic oxidation sites excluding steroid dienone is 1. The van der Waals surface area contributed by atoms with Gasteiger partial charge < -0.3 is 4.57 Å². The van der Waals surface area contributed by atoms with Crippen LogP contribution in [0.5, 0.6) is 0 Å². The zero-order chi connectivity index (χ0) is 20.8. The Balaban J connectivity index is 1.68. The predicted octanol–water partition coefficient (Wildman–Crippen LogP) is 4.12. The topological polar surface area (TPSA) is 59.6 Å². The number of halogens is 1. The maximum atomic E-state index is 11.1. The van der Waals surface area contributed by atoms with Gasteiger partial charge >= 0.3 is 0 Å². The van der Waals surface area contributed by atoms with Crippen molar-refractivity contribution in [3.8, 4) is 0 Å². The zero-order valence-corrected chi connectivity index (χ0v) is 18.0. The molecule has 5 nitrogen and oxygen atoms in total. The highest BCUT2D eigenvalue weighted by molar-refractivity contribution is 6.18. The van der Waals surface area contributed by atoms with Gasteiger partial charge in [0.1, 0.15) is 5.82 Å². The minimum atomic E-state index is 0.0449. The van der Waals surface area contributed by atoms with Crippen molar-refractivity contribution in [3.63, 3.8) is 0 Å². The van der Waals surface area contributed by atoms with E-state index in [4.69, 9.17) is 16.6 Å². The maximum Gasteiger partial charge on any atom is 0.152 e. The number of ketones is 1. The van der Waals surface area contributed by atoms with Crippen LogP contribution in [0.3, 0.4) is 0 Å². The normalized spacial score (nSPS) is 15.5. The van der Waals surface area contributed by atoms with E-state index in [0.717, 1.165) is 47.5 Å². The lowest BCUT2D eigenvalue weighted by atomic mass is 9.99. The molecule has 0 radical (unpaired) electrons. The number of fused-ring (bicyclic) bond motifs is 1. The van der Waals surface area contributed by atoms with Crippen LogP contribution in [0.15, 0.2) is 34.3 Å². The summed E-state index contributed by atoms with van der Waals surface area (Å²) >= 11 is 5.75. The molecule has 1 aliphatic carbocycles. The van der Waals surface area contributed by atoms with E-state index in [-0.39, 0.29) is 5.78 Å². The molecule has 0 amide bonds. The Morgan fingerprint density at radius 3 is 2.90 bits per heavy atom. The van der Waals surface area contributed by atoms with E-state index >= 15 is 0 Å². The third-order valence-corrected chi connectivity index (χ3v) is 5.27. The molecule has 29 heavy (non-hydrogen) atoms. The van der Waals surface area contributed by atoms with Crippen LogP contribution in [0, 0.1) is 6.92 Å². The SMILES string of the molecule is CC(=O)/C=C/c1ccc(C=NCc2nc3c(n2C)CCC(=NCCCl)C3)c(C)c1. The second-order valence-corrected chi connectivity index (χ2v) is 7.70. The first-order chi connectivity index (χ1) is 14.0. The summed E-state index contributed by atoms with van der Waals surface area (Å²) in [5, 5.41) is 0. The first-order valence-electron chi connectivity index (χ1n) is 9.88. The average molecular weight is 411 g/mol. The van der Waals surface area contributed by atoms with Crippen LogP contribution in [0.2, 0.25) is 0 Å². The summed E-state index contributed by atoms with van der Waals surface area (Å²) in [7, 11) is 2.07. The number of alkyl halides is 1. The van der Waals surface area contributed by atoms with Crippen molar-refractivity contribution >= 4 is 35.4 Å². The standard InChI is InChI=1S/C23H27ClN4O/c1-16-12-18(5-4-17(2)29)6-7-19(16)14-25-15-23-27-21-13-20(26-11-10-24)8-9-22(21)28(23)3/h4-7,12,14H,8-11,13,15H2,1-3H3/b5-4+,25-14?,26-20?. The molecule has 0 saturated heterocycles. The number of nitrogens with zero attached hydrogens (tertiary/aromatic N) is 4. The maximum absolute atomic E-state index is 11.1. The number of hydrogen-bond acceptors (Lipinski definition) is 4. The van der Waals surface area contributed by atoms with E-state index in [9.17, 15) is 4.79 Å². The second-order valence-electron chi connectivity index (χ2n) is 7.32. The Morgan fingerprint density at radius 1 is 1.34 bits per heavy atom. The van der Waals surface area contributed by atoms with Crippen LogP contribution in [-0.2, 0) is 31.2 Å². The first-order valence-corrected chi connectivity index (χ1v) is 10.4. The number of carbonyl (C=O) groups excluding carboxylic acids is 1. The molecule has 0 N–H and O–H groups in total. The summed E-state index contributed by atoms with van der Waals surface area (Å²) in [5.41, 5.74) is 6.81. The molecule has 1 aromatic carbocycles. The van der Waals surface area contributed by atoms with E-state index in [2.05, 4.69) is 27.7 Å². The molecular weight excluding hydrogens is 384 g/mol. The van der Waals surface area contributed by atoms with Crippen molar-refractivity contribution in [3.05, 3.63) is 58.2 Å². The van der Waals surface area contributed by atoms with Gasteiger partial charge in [-0.15, -0.1) is 11.6 Å². The quantitative estimate of drug-likeness (QED) is 0.391. The van der Waals surface area contributed by atoms with Crippen LogP contribution in [-0.4, -0.2) is 39.7 Å². The fraction of sp³-hybridized carbons (Fsp3) is 0.391. The molecule has 0 fully saturated rings. The Morgan fingerprint density at radius 2 is 2.17 bits per heavy atom. The van der Waals surface area contributed by atoms with Crippen molar-refractivity contribution in [2.75, 3.05) is 12.4 Å². The molecule has 0 unspecified atom stereocenters. The first kappa shape index (κ1) is 21.2. The molecule has 2 aromatic rings. The van der Waals surface area contributed by atoms with E-state index in [1.165, 1.54) is 11.4 Å². The summed E-state index contributed by atoms with van der Waals surface area (Å²) < 4.78 is 2.17. The number of aliphatic imine (C=N–C) groups is 2. The molecule has 0 bridgehead atoms. The molecule has 0 aliphatic heterocycles. The number of imidazole rings is 1. The molecule has 3 rings (SSSR count). The van der Waals surface area contributed by atoms with Crippen molar-refractivity contribution in [1.29, 1.82) is 0 Å². The van der Waals surface area contributed by atoms with Gasteiger partial charge in [0.25, 0.3) is 0 Å². The highest BCUT2D eigenvalue weighted by atomic mass is 35.5. The highest BCUT2D eigenvalue weighted by Crippen LogP contribution is 2.21. The fourth-order valence-corrected chi connectivity index (χ4v) is 3.59. The molecule has 1 aromatic heterocycles. The molecular formula is C23H27ClN4O. The van der Waals surface area contributed by atoms with Crippen molar-refractivity contribution < 1.29 is 4.79 Å². The van der Waals surface area contributed by atoms with Crippen LogP contribution in [0.25, 0.3) is 6.08 Å². The Kier molecular flexibility index (Phi) is 7.15. The lowest BCUT2D eigenvalue weighted by Crippen LogP contribution is -2.16. The van der Waals surface area contributed by atoms with Gasteiger partial charge in [-0.2, -0.15) is 0 Å². The van der Waals surface area contributed by atoms with Crippen LogP contribution >= 0.6 is 11.6 Å². The van der Waals surface area contributed by atoms with Gasteiger partial charge in [0.2, 0.25) is 0 Å². The average Bonchev–Trinajstić information content (AvgIpc) is 3.01. The molecule has 6 heteroatoms. The van der Waals surface area contributed by atoms with Gasteiger partial charge in [-0.05, 0) is 49.5 Å². The van der Waals surface area contributed by atoms with Gasteiger partial charge in [-0.1, -0.05) is 24.3 Å². The summed E-state index contributed by atoms with van der Waals surface area (Å²) in [5.74, 6) is 1.58. The number of aryl methyl sites for hydroxylation is 1. The van der Waals surface area contributed by atoms with Gasteiger partial charge in [0.15, 0.2) is 5.78 Å². The van der Waals surface area contributed by atoms with Gasteiger partial charge in [0.05, 0.1) is 18.8 Å². The van der Waals surface area contributed by atoms with Gasteiger partial charge in [0, 0.05) is 37.0 Å². The number of aromatic nitrogens is 2. The number of benzene rings is 1. The lowest BCUT2D eigenvalue weighted by Gasteiger charge is -2.14. The monoisotopic (exact) mass is 410 g/mol. The minimum absolute atomic E-state index is 0.0449. The highest BCUT2D eigenvalue weighted by Gasteiger charge is 2.20. The molecule has 1 aliphatic rings. The largest absolute Gasteiger partial charge is 0.333 e. The molecule has 152 valence electrons.